The predicted octanol–water partition coefficient (Wildman–Crippen LogP) is 3.70. The van der Waals surface area contributed by atoms with Crippen LogP contribution in [0.25, 0.3) is 0 Å². The minimum absolute atomic E-state index is 0.0781. The van der Waals surface area contributed by atoms with E-state index in [1.54, 1.807) is 6.20 Å². The van der Waals surface area contributed by atoms with Crippen LogP contribution in [0.5, 0.6) is 0 Å². The van der Waals surface area contributed by atoms with Gasteiger partial charge in [0.15, 0.2) is 0 Å². The molecule has 116 valence electrons. The van der Waals surface area contributed by atoms with E-state index in [0.717, 1.165) is 37.9 Å². The van der Waals surface area contributed by atoms with Crippen LogP contribution in [0.4, 0.5) is 5.69 Å². The van der Waals surface area contributed by atoms with Gasteiger partial charge in [0.25, 0.3) is 5.91 Å². The molecule has 0 aromatic carbocycles. The van der Waals surface area contributed by atoms with Crippen molar-refractivity contribution in [2.45, 2.75) is 65.0 Å². The molecule has 0 spiro atoms. The fourth-order valence-corrected chi connectivity index (χ4v) is 2.86. The van der Waals surface area contributed by atoms with Crippen molar-refractivity contribution in [2.24, 2.45) is 0 Å². The molecule has 2 unspecified atom stereocenters. The third-order valence-corrected chi connectivity index (χ3v) is 4.36. The van der Waals surface area contributed by atoms with E-state index in [-0.39, 0.29) is 5.91 Å². The van der Waals surface area contributed by atoms with Crippen molar-refractivity contribution >= 4 is 11.6 Å². The molecule has 1 N–H and O–H groups in total. The second-order valence-corrected chi connectivity index (χ2v) is 5.94. The van der Waals surface area contributed by atoms with Crippen LogP contribution >= 0.6 is 0 Å². The summed E-state index contributed by atoms with van der Waals surface area (Å²) in [5.41, 5.74) is 1.54. The van der Waals surface area contributed by atoms with Crippen molar-refractivity contribution in [3.63, 3.8) is 0 Å². The molecule has 1 aromatic heterocycles. The second kappa shape index (κ2) is 7.43. The van der Waals surface area contributed by atoms with Gasteiger partial charge < -0.3 is 10.2 Å². The molecule has 21 heavy (non-hydrogen) atoms. The van der Waals surface area contributed by atoms with E-state index in [1.165, 1.54) is 6.42 Å². The van der Waals surface area contributed by atoms with Gasteiger partial charge in [0.05, 0.1) is 0 Å². The lowest BCUT2D eigenvalue weighted by atomic mass is 9.99. The van der Waals surface area contributed by atoms with Gasteiger partial charge in [-0.1, -0.05) is 13.8 Å². The number of amides is 1. The maximum absolute atomic E-state index is 12.7. The molecule has 0 radical (unpaired) electrons. The molecule has 1 saturated heterocycles. The zero-order valence-corrected chi connectivity index (χ0v) is 13.4. The Balaban J connectivity index is 2.13. The van der Waals surface area contributed by atoms with Gasteiger partial charge >= 0.3 is 0 Å². The fourth-order valence-electron chi connectivity index (χ4n) is 2.86. The van der Waals surface area contributed by atoms with Crippen LogP contribution in [0.3, 0.4) is 0 Å². The normalized spacial score (nSPS) is 20.1. The summed E-state index contributed by atoms with van der Waals surface area (Å²) in [4.78, 5) is 19.0. The lowest BCUT2D eigenvalue weighted by Crippen LogP contribution is -2.43. The Kier molecular flexibility index (Phi) is 5.59. The summed E-state index contributed by atoms with van der Waals surface area (Å²) >= 11 is 0. The third-order valence-electron chi connectivity index (χ3n) is 4.36. The molecule has 2 rings (SSSR count). The molecule has 2 heterocycles. The van der Waals surface area contributed by atoms with Crippen molar-refractivity contribution < 1.29 is 4.79 Å². The minimum atomic E-state index is 0.0781. The van der Waals surface area contributed by atoms with Crippen LogP contribution in [-0.4, -0.2) is 34.4 Å². The molecule has 0 aliphatic carbocycles. The largest absolute Gasteiger partial charge is 0.382 e. The maximum Gasteiger partial charge on any atom is 0.272 e. The first-order valence-corrected chi connectivity index (χ1v) is 8.19. The van der Waals surface area contributed by atoms with E-state index >= 15 is 0 Å². The summed E-state index contributed by atoms with van der Waals surface area (Å²) in [5, 5.41) is 3.40. The van der Waals surface area contributed by atoms with E-state index in [0.29, 0.717) is 17.8 Å². The van der Waals surface area contributed by atoms with Crippen molar-refractivity contribution in [3.8, 4) is 0 Å². The quantitative estimate of drug-likeness (QED) is 0.899. The number of pyridine rings is 1. The molecule has 2 atom stereocenters. The molecule has 0 bridgehead atoms. The highest BCUT2D eigenvalue weighted by molar-refractivity contribution is 5.93. The van der Waals surface area contributed by atoms with Gasteiger partial charge in [0, 0.05) is 30.5 Å². The number of hydrogen-bond donors (Lipinski definition) is 1. The van der Waals surface area contributed by atoms with Gasteiger partial charge in [0.2, 0.25) is 0 Å². The molecule has 4 nitrogen and oxygen atoms in total. The number of nitrogens with zero attached hydrogens (tertiary/aromatic N) is 2. The number of rotatable bonds is 5. The summed E-state index contributed by atoms with van der Waals surface area (Å²) in [6.45, 7) is 7.30. The van der Waals surface area contributed by atoms with E-state index in [1.807, 2.05) is 17.0 Å². The van der Waals surface area contributed by atoms with Gasteiger partial charge in [-0.3, -0.25) is 9.78 Å². The van der Waals surface area contributed by atoms with Crippen LogP contribution in [0, 0.1) is 0 Å². The third kappa shape index (κ3) is 3.96. The summed E-state index contributed by atoms with van der Waals surface area (Å²) < 4.78 is 0. The molecule has 1 amide bonds. The van der Waals surface area contributed by atoms with E-state index in [4.69, 9.17) is 0 Å². The molecule has 1 fully saturated rings. The Hall–Kier alpha value is -1.58. The highest BCUT2D eigenvalue weighted by Gasteiger charge is 2.26. The summed E-state index contributed by atoms with van der Waals surface area (Å²) in [5.74, 6) is 0.0781. The zero-order valence-electron chi connectivity index (χ0n) is 13.4. The monoisotopic (exact) mass is 289 g/mol. The number of hydrogen-bond acceptors (Lipinski definition) is 3. The van der Waals surface area contributed by atoms with Crippen LogP contribution in [0.1, 0.15) is 63.4 Å². The number of nitrogens with one attached hydrogen (secondary N) is 1. The number of carbonyl (C=O) groups is 1. The molecule has 1 aliphatic heterocycles. The van der Waals surface area contributed by atoms with E-state index in [2.05, 4.69) is 31.1 Å². The number of carbonyl (C=O) groups excluding carboxylic acids is 1. The first kappa shape index (κ1) is 15.8. The lowest BCUT2D eigenvalue weighted by Gasteiger charge is -2.35. The van der Waals surface area contributed by atoms with Crippen molar-refractivity contribution in [1.29, 1.82) is 0 Å². The van der Waals surface area contributed by atoms with Crippen LogP contribution in [0.15, 0.2) is 18.3 Å². The first-order valence-electron chi connectivity index (χ1n) is 8.19. The summed E-state index contributed by atoms with van der Waals surface area (Å²) in [6, 6.07) is 4.58. The Labute approximate surface area is 127 Å². The first-order chi connectivity index (χ1) is 10.2. The Morgan fingerprint density at radius 2 is 2.29 bits per heavy atom. The second-order valence-electron chi connectivity index (χ2n) is 5.94. The van der Waals surface area contributed by atoms with E-state index < -0.39 is 0 Å². The van der Waals surface area contributed by atoms with Gasteiger partial charge in [-0.05, 0) is 51.2 Å². The predicted molar refractivity (Wildman–Crippen MR) is 86.6 cm³/mol. The fraction of sp³-hybridized carbons (Fsp3) is 0.647. The average molecular weight is 289 g/mol. The average Bonchev–Trinajstić information content (AvgIpc) is 2.54. The molecule has 1 aromatic rings. The zero-order chi connectivity index (χ0) is 15.2. The van der Waals surface area contributed by atoms with Crippen LogP contribution in [-0.2, 0) is 0 Å². The molecule has 0 saturated carbocycles. The smallest absolute Gasteiger partial charge is 0.272 e. The molecule has 4 heteroatoms. The maximum atomic E-state index is 12.7. The summed E-state index contributed by atoms with van der Waals surface area (Å²) in [6.07, 6.45) is 7.25. The number of likely N-dealkylation sites (tertiary alicyclic amines) is 1. The SMILES string of the molecule is CCC(C)Nc1ccnc(C(=O)N2CCCCC2CC)c1. The molecular weight excluding hydrogens is 262 g/mol. The highest BCUT2D eigenvalue weighted by atomic mass is 16.2. The van der Waals surface area contributed by atoms with Crippen molar-refractivity contribution in [3.05, 3.63) is 24.0 Å². The summed E-state index contributed by atoms with van der Waals surface area (Å²) in [7, 11) is 0. The molecular formula is C17H27N3O. The Bertz CT molecular complexity index is 475. The van der Waals surface area contributed by atoms with Gasteiger partial charge in [-0.25, -0.2) is 0 Å². The number of anilines is 1. The van der Waals surface area contributed by atoms with Gasteiger partial charge in [-0.15, -0.1) is 0 Å². The molecule has 1 aliphatic rings. The minimum Gasteiger partial charge on any atom is -0.382 e. The van der Waals surface area contributed by atoms with Crippen molar-refractivity contribution in [1.82, 2.24) is 9.88 Å². The highest BCUT2D eigenvalue weighted by Crippen LogP contribution is 2.22. The topological polar surface area (TPSA) is 45.2 Å². The Morgan fingerprint density at radius 1 is 1.48 bits per heavy atom. The van der Waals surface area contributed by atoms with Crippen LogP contribution in [0.2, 0.25) is 0 Å². The van der Waals surface area contributed by atoms with Gasteiger partial charge in [0.1, 0.15) is 5.69 Å². The lowest BCUT2D eigenvalue weighted by molar-refractivity contribution is 0.0602. The number of piperidine rings is 1. The van der Waals surface area contributed by atoms with Gasteiger partial charge in [-0.2, -0.15) is 0 Å². The van der Waals surface area contributed by atoms with E-state index in [9.17, 15) is 4.79 Å². The van der Waals surface area contributed by atoms with Crippen LogP contribution < -0.4 is 5.32 Å². The Morgan fingerprint density at radius 3 is 3.00 bits per heavy atom. The number of aromatic nitrogens is 1. The van der Waals surface area contributed by atoms with Crippen molar-refractivity contribution in [2.75, 3.05) is 11.9 Å². The standard InChI is InChI=1S/C17H27N3O/c1-4-13(3)19-14-9-10-18-16(12-14)17(21)20-11-7-6-8-15(20)5-2/h9-10,12-13,15H,4-8,11H2,1-3H3,(H,18,19).